The van der Waals surface area contributed by atoms with Crippen molar-refractivity contribution in [2.75, 3.05) is 31.1 Å². The highest BCUT2D eigenvalue weighted by Gasteiger charge is 2.33. The Labute approximate surface area is 136 Å². The second-order valence-corrected chi connectivity index (χ2v) is 6.54. The van der Waals surface area contributed by atoms with Crippen molar-refractivity contribution in [3.8, 4) is 5.75 Å². The van der Waals surface area contributed by atoms with Crippen molar-refractivity contribution in [2.24, 2.45) is 0 Å². The third-order valence-corrected chi connectivity index (χ3v) is 4.25. The largest absolute Gasteiger partial charge is 0.573 e. The molecule has 1 aromatic rings. The SMILES string of the molecule is CC(C)c1ccc(N2CCN(C(C)C)CC2)cc1OC(F)(F)F. The van der Waals surface area contributed by atoms with Crippen molar-refractivity contribution < 1.29 is 17.9 Å². The van der Waals surface area contributed by atoms with Gasteiger partial charge >= 0.3 is 6.36 Å². The Morgan fingerprint density at radius 2 is 1.61 bits per heavy atom. The van der Waals surface area contributed by atoms with Crippen LogP contribution in [0.15, 0.2) is 18.2 Å². The molecule has 6 heteroatoms. The topological polar surface area (TPSA) is 15.7 Å². The van der Waals surface area contributed by atoms with Gasteiger partial charge in [-0.25, -0.2) is 0 Å². The van der Waals surface area contributed by atoms with Crippen LogP contribution in [0.5, 0.6) is 5.75 Å². The molecule has 0 saturated carbocycles. The molecule has 0 unspecified atom stereocenters. The number of anilines is 1. The predicted molar refractivity (Wildman–Crippen MR) is 86.1 cm³/mol. The number of piperazine rings is 1. The van der Waals surface area contributed by atoms with Crippen molar-refractivity contribution in [1.82, 2.24) is 4.90 Å². The number of alkyl halides is 3. The van der Waals surface area contributed by atoms with Crippen molar-refractivity contribution in [1.29, 1.82) is 0 Å². The summed E-state index contributed by atoms with van der Waals surface area (Å²) in [7, 11) is 0. The molecule has 0 amide bonds. The van der Waals surface area contributed by atoms with E-state index in [0.29, 0.717) is 11.6 Å². The third kappa shape index (κ3) is 4.77. The molecule has 0 N–H and O–H groups in total. The lowest BCUT2D eigenvalue weighted by Gasteiger charge is -2.38. The van der Waals surface area contributed by atoms with Crippen molar-refractivity contribution in [3.05, 3.63) is 23.8 Å². The summed E-state index contributed by atoms with van der Waals surface area (Å²) in [5.41, 5.74) is 1.36. The second kappa shape index (κ2) is 6.99. The van der Waals surface area contributed by atoms with Crippen LogP contribution >= 0.6 is 0 Å². The van der Waals surface area contributed by atoms with Crippen LogP contribution in [0.3, 0.4) is 0 Å². The van der Waals surface area contributed by atoms with E-state index in [1.165, 1.54) is 6.07 Å². The van der Waals surface area contributed by atoms with Gasteiger partial charge in [-0.3, -0.25) is 4.90 Å². The monoisotopic (exact) mass is 330 g/mol. The average molecular weight is 330 g/mol. The molecule has 1 heterocycles. The van der Waals surface area contributed by atoms with Crippen molar-refractivity contribution in [3.63, 3.8) is 0 Å². The van der Waals surface area contributed by atoms with E-state index in [4.69, 9.17) is 0 Å². The fraction of sp³-hybridized carbons (Fsp3) is 0.647. The maximum absolute atomic E-state index is 12.7. The molecule has 1 fully saturated rings. The van der Waals surface area contributed by atoms with Gasteiger partial charge in [-0.2, -0.15) is 0 Å². The van der Waals surface area contributed by atoms with Crippen LogP contribution in [0.25, 0.3) is 0 Å². The van der Waals surface area contributed by atoms with Crippen LogP contribution in [0.1, 0.15) is 39.2 Å². The minimum Gasteiger partial charge on any atom is -0.405 e. The Balaban J connectivity index is 2.19. The van der Waals surface area contributed by atoms with Crippen molar-refractivity contribution in [2.45, 2.75) is 46.0 Å². The molecule has 23 heavy (non-hydrogen) atoms. The summed E-state index contributed by atoms with van der Waals surface area (Å²) in [6.45, 7) is 11.5. The summed E-state index contributed by atoms with van der Waals surface area (Å²) >= 11 is 0. The number of halogens is 3. The number of rotatable bonds is 4. The molecule has 0 bridgehead atoms. The van der Waals surface area contributed by atoms with Gasteiger partial charge in [0.25, 0.3) is 0 Å². The first kappa shape index (κ1) is 17.9. The summed E-state index contributed by atoms with van der Waals surface area (Å²) in [5.74, 6) is -0.115. The van der Waals surface area contributed by atoms with Gasteiger partial charge in [-0.05, 0) is 31.4 Å². The molecule has 130 valence electrons. The molecule has 0 aromatic heterocycles. The lowest BCUT2D eigenvalue weighted by atomic mass is 10.0. The number of nitrogens with zero attached hydrogens (tertiary/aromatic N) is 2. The lowest BCUT2D eigenvalue weighted by Crippen LogP contribution is -2.48. The maximum atomic E-state index is 12.7. The third-order valence-electron chi connectivity index (χ3n) is 4.25. The Kier molecular flexibility index (Phi) is 5.45. The molecular formula is C17H25F3N2O. The van der Waals surface area contributed by atoms with E-state index in [1.54, 1.807) is 6.07 Å². The van der Waals surface area contributed by atoms with Crippen molar-refractivity contribution >= 4 is 5.69 Å². The van der Waals surface area contributed by atoms with E-state index in [2.05, 4.69) is 28.4 Å². The van der Waals surface area contributed by atoms with Gasteiger partial charge in [-0.15, -0.1) is 13.2 Å². The van der Waals surface area contributed by atoms with E-state index in [0.717, 1.165) is 31.9 Å². The first-order valence-electron chi connectivity index (χ1n) is 8.06. The van der Waals surface area contributed by atoms with Gasteiger partial charge in [0, 0.05) is 44.0 Å². The molecule has 1 saturated heterocycles. The zero-order valence-corrected chi connectivity index (χ0v) is 14.2. The summed E-state index contributed by atoms with van der Waals surface area (Å²) in [6, 6.07) is 5.65. The van der Waals surface area contributed by atoms with Crippen LogP contribution in [0.2, 0.25) is 0 Å². The number of hydrogen-bond donors (Lipinski definition) is 0. The second-order valence-electron chi connectivity index (χ2n) is 6.54. The van der Waals surface area contributed by atoms with Crippen LogP contribution in [-0.2, 0) is 0 Å². The molecule has 1 aliphatic rings. The van der Waals surface area contributed by atoms with Gasteiger partial charge in [0.15, 0.2) is 0 Å². The first-order valence-corrected chi connectivity index (χ1v) is 8.06. The van der Waals surface area contributed by atoms with E-state index in [1.807, 2.05) is 19.9 Å². The summed E-state index contributed by atoms with van der Waals surface area (Å²) in [6.07, 6.45) is -4.67. The molecule has 0 spiro atoms. The molecule has 0 radical (unpaired) electrons. The molecule has 0 aliphatic carbocycles. The number of ether oxygens (including phenoxy) is 1. The standard InChI is InChI=1S/C17H25F3N2O/c1-12(2)15-6-5-14(11-16(15)23-17(18,19)20)22-9-7-21(8-10-22)13(3)4/h5-6,11-13H,7-10H2,1-4H3. The number of benzene rings is 1. The van der Waals surface area contributed by atoms with Gasteiger partial charge in [0.05, 0.1) is 0 Å². The van der Waals surface area contributed by atoms with E-state index in [-0.39, 0.29) is 11.7 Å². The van der Waals surface area contributed by atoms with Gasteiger partial charge in [0.1, 0.15) is 5.75 Å². The van der Waals surface area contributed by atoms with Crippen LogP contribution in [0, 0.1) is 0 Å². The van der Waals surface area contributed by atoms with Crippen LogP contribution in [0.4, 0.5) is 18.9 Å². The van der Waals surface area contributed by atoms with E-state index in [9.17, 15) is 13.2 Å². The van der Waals surface area contributed by atoms with Crippen LogP contribution < -0.4 is 9.64 Å². The maximum Gasteiger partial charge on any atom is 0.573 e. The molecule has 1 aliphatic heterocycles. The molecule has 1 aromatic carbocycles. The molecule has 3 nitrogen and oxygen atoms in total. The Hall–Kier alpha value is -1.43. The average Bonchev–Trinajstić information content (AvgIpc) is 2.45. The predicted octanol–water partition coefficient (Wildman–Crippen LogP) is 4.24. The Morgan fingerprint density at radius 1 is 1.00 bits per heavy atom. The minimum absolute atomic E-state index is 0.0285. The van der Waals surface area contributed by atoms with Gasteiger partial charge in [-0.1, -0.05) is 19.9 Å². The minimum atomic E-state index is -4.67. The zero-order chi connectivity index (χ0) is 17.2. The summed E-state index contributed by atoms with van der Waals surface area (Å²) in [5, 5.41) is 0. The van der Waals surface area contributed by atoms with Crippen LogP contribution in [-0.4, -0.2) is 43.5 Å². The Morgan fingerprint density at radius 3 is 2.09 bits per heavy atom. The Bertz CT molecular complexity index is 521. The van der Waals surface area contributed by atoms with E-state index < -0.39 is 6.36 Å². The molecule has 0 atom stereocenters. The summed E-state index contributed by atoms with van der Waals surface area (Å²) < 4.78 is 42.2. The normalized spacial score (nSPS) is 17.2. The van der Waals surface area contributed by atoms with Gasteiger partial charge < -0.3 is 9.64 Å². The first-order chi connectivity index (χ1) is 10.7. The molecule has 2 rings (SSSR count). The van der Waals surface area contributed by atoms with Gasteiger partial charge in [0.2, 0.25) is 0 Å². The highest BCUT2D eigenvalue weighted by Crippen LogP contribution is 2.34. The highest BCUT2D eigenvalue weighted by molar-refractivity contribution is 5.55. The highest BCUT2D eigenvalue weighted by atomic mass is 19.4. The smallest absolute Gasteiger partial charge is 0.405 e. The molecular weight excluding hydrogens is 305 g/mol. The fourth-order valence-corrected chi connectivity index (χ4v) is 2.91. The lowest BCUT2D eigenvalue weighted by molar-refractivity contribution is -0.274. The quantitative estimate of drug-likeness (QED) is 0.821. The number of hydrogen-bond acceptors (Lipinski definition) is 3. The van der Waals surface area contributed by atoms with E-state index >= 15 is 0 Å². The fourth-order valence-electron chi connectivity index (χ4n) is 2.91. The summed E-state index contributed by atoms with van der Waals surface area (Å²) in [4.78, 5) is 4.48. The zero-order valence-electron chi connectivity index (χ0n) is 14.2.